The molecule has 0 unspecified atom stereocenters. The van der Waals surface area contributed by atoms with Crippen molar-refractivity contribution in [2.24, 2.45) is 0 Å². The number of ether oxygens (including phenoxy) is 1. The lowest BCUT2D eigenvalue weighted by atomic mass is 10.0. The minimum Gasteiger partial charge on any atom is -0.388 e. The minimum atomic E-state index is 0. The van der Waals surface area contributed by atoms with Crippen LogP contribution >= 0.6 is 0 Å². The van der Waals surface area contributed by atoms with Crippen LogP contribution in [0.2, 0.25) is 0 Å². The molecule has 1 saturated carbocycles. The largest absolute Gasteiger partial charge is 0.388 e. The van der Waals surface area contributed by atoms with E-state index >= 15 is 0 Å². The maximum Gasteiger partial charge on any atom is 0.0351 e. The summed E-state index contributed by atoms with van der Waals surface area (Å²) < 4.78 is 4.25. The number of methoxy groups -OCH3 is 1. The van der Waals surface area contributed by atoms with E-state index in [4.69, 9.17) is 0 Å². The highest BCUT2D eigenvalue weighted by molar-refractivity contribution is 5.75. The molecule has 153 valence electrons. The van der Waals surface area contributed by atoms with E-state index in [2.05, 4.69) is 37.3 Å². The number of hydrogen-bond donors (Lipinski definition) is 0. The Bertz CT molecular complexity index is 292. The van der Waals surface area contributed by atoms with Crippen LogP contribution in [0.25, 0.3) is 5.57 Å². The van der Waals surface area contributed by atoms with Gasteiger partial charge in [0.2, 0.25) is 0 Å². The zero-order valence-corrected chi connectivity index (χ0v) is 19.5. The van der Waals surface area contributed by atoms with E-state index in [1.54, 1.807) is 14.2 Å². The molecular formula is C24H48BO. The van der Waals surface area contributed by atoms with Gasteiger partial charge in [0.25, 0.3) is 0 Å². The van der Waals surface area contributed by atoms with Crippen molar-refractivity contribution in [2.75, 3.05) is 14.2 Å². The van der Waals surface area contributed by atoms with E-state index in [0.717, 1.165) is 5.57 Å². The third-order valence-corrected chi connectivity index (χ3v) is 2.77. The first-order valence-corrected chi connectivity index (χ1v) is 10.2. The summed E-state index contributed by atoms with van der Waals surface area (Å²) in [4.78, 5) is 0. The van der Waals surface area contributed by atoms with Gasteiger partial charge in [0.15, 0.2) is 0 Å². The number of hydrogen-bond acceptors (Lipinski definition) is 1. The van der Waals surface area contributed by atoms with Crippen molar-refractivity contribution < 1.29 is 4.74 Å². The van der Waals surface area contributed by atoms with Gasteiger partial charge in [-0.25, -0.2) is 0 Å². The third-order valence-electron chi connectivity index (χ3n) is 2.77. The Morgan fingerprint density at radius 2 is 1.04 bits per heavy atom. The van der Waals surface area contributed by atoms with Crippen LogP contribution in [0.5, 0.6) is 0 Å². The lowest BCUT2D eigenvalue weighted by Gasteiger charge is -2.05. The van der Waals surface area contributed by atoms with Crippen molar-refractivity contribution in [1.29, 1.82) is 0 Å². The average molecular weight is 363 g/mol. The fourth-order valence-corrected chi connectivity index (χ4v) is 1.78. The standard InChI is InChI=1S/C9H10.C6H12.C3H8.C2H6O.2C2H6.B/c1-8(2)9-6-4-3-5-7-9;1-2-4-6-5-3-1;2*1-3-2;2*1-2;/h3-7H,1H2,2H3;1-6H2;3H2,1-2H3;1-2H3;2*1-2H3;. The molecule has 0 aliphatic heterocycles. The Morgan fingerprint density at radius 3 is 1.19 bits per heavy atom. The van der Waals surface area contributed by atoms with Crippen molar-refractivity contribution in [3.63, 3.8) is 0 Å². The second-order valence-corrected chi connectivity index (χ2v) is 5.38. The Hall–Kier alpha value is -1.02. The predicted molar refractivity (Wildman–Crippen MR) is 126 cm³/mol. The van der Waals surface area contributed by atoms with Gasteiger partial charge < -0.3 is 4.74 Å². The average Bonchev–Trinajstić information content (AvgIpc) is 2.69. The summed E-state index contributed by atoms with van der Waals surface area (Å²) in [5.41, 5.74) is 2.34. The molecule has 26 heavy (non-hydrogen) atoms. The van der Waals surface area contributed by atoms with Gasteiger partial charge in [0.05, 0.1) is 0 Å². The molecule has 2 rings (SSSR count). The third kappa shape index (κ3) is 38.5. The Morgan fingerprint density at radius 1 is 0.808 bits per heavy atom. The Kier molecular flexibility index (Phi) is 54.2. The highest BCUT2D eigenvalue weighted by Gasteiger charge is 1.95. The summed E-state index contributed by atoms with van der Waals surface area (Å²) in [6, 6.07) is 10.2. The maximum absolute atomic E-state index is 4.25. The molecule has 0 heterocycles. The quantitative estimate of drug-likeness (QED) is 0.455. The summed E-state index contributed by atoms with van der Waals surface area (Å²) in [7, 11) is 3.25. The highest BCUT2D eigenvalue weighted by Crippen LogP contribution is 2.15. The molecule has 0 amide bonds. The molecule has 3 radical (unpaired) electrons. The molecule has 0 N–H and O–H groups in total. The molecule has 1 aliphatic rings. The normalized spacial score (nSPS) is 10.5. The number of rotatable bonds is 1. The molecule has 0 aromatic heterocycles. The second-order valence-electron chi connectivity index (χ2n) is 5.38. The Labute approximate surface area is 169 Å². The van der Waals surface area contributed by atoms with Gasteiger partial charge in [-0.2, -0.15) is 0 Å². The summed E-state index contributed by atoms with van der Waals surface area (Å²) in [6.07, 6.45) is 10.2. The molecule has 0 spiro atoms. The second kappa shape index (κ2) is 39.2. The predicted octanol–water partition coefficient (Wildman–Crippen LogP) is 8.41. The van der Waals surface area contributed by atoms with E-state index < -0.39 is 0 Å². The van der Waals surface area contributed by atoms with Crippen LogP contribution in [0.4, 0.5) is 0 Å². The maximum atomic E-state index is 4.25. The Balaban J connectivity index is -0.0000000761. The first kappa shape index (κ1) is 36.0. The SMILES string of the molecule is C1CCCCC1.C=C(C)c1ccccc1.CC.CC.CCC.COC.[B]. The smallest absolute Gasteiger partial charge is 0.0351 e. The molecule has 1 nitrogen and oxygen atoms in total. The van der Waals surface area contributed by atoms with Gasteiger partial charge >= 0.3 is 0 Å². The van der Waals surface area contributed by atoms with Gasteiger partial charge in [-0.15, -0.1) is 0 Å². The first-order chi connectivity index (χ1) is 12.1. The monoisotopic (exact) mass is 363 g/mol. The minimum absolute atomic E-state index is 0. The topological polar surface area (TPSA) is 9.23 Å². The zero-order chi connectivity index (χ0) is 20.3. The van der Waals surface area contributed by atoms with Gasteiger partial charge in [-0.3, -0.25) is 0 Å². The summed E-state index contributed by atoms with van der Waals surface area (Å²) in [5, 5.41) is 0. The fourth-order valence-electron chi connectivity index (χ4n) is 1.78. The molecule has 0 saturated heterocycles. The van der Waals surface area contributed by atoms with Crippen LogP contribution in [0.3, 0.4) is 0 Å². The lowest BCUT2D eigenvalue weighted by Crippen LogP contribution is -1.85. The first-order valence-electron chi connectivity index (χ1n) is 10.2. The highest BCUT2D eigenvalue weighted by atomic mass is 16.4. The van der Waals surface area contributed by atoms with Crippen molar-refractivity contribution in [2.45, 2.75) is 93.4 Å². The lowest BCUT2D eigenvalue weighted by molar-refractivity contribution is 0.277. The van der Waals surface area contributed by atoms with E-state index in [1.165, 1.54) is 50.5 Å². The van der Waals surface area contributed by atoms with E-state index in [1.807, 2.05) is 52.8 Å². The molecule has 1 aromatic rings. The van der Waals surface area contributed by atoms with Crippen LogP contribution in [-0.2, 0) is 4.74 Å². The fraction of sp³-hybridized carbons (Fsp3) is 0.667. The van der Waals surface area contributed by atoms with Gasteiger partial charge in [-0.1, -0.05) is 129 Å². The molecule has 1 aliphatic carbocycles. The van der Waals surface area contributed by atoms with Gasteiger partial charge in [0, 0.05) is 22.6 Å². The molecule has 1 aromatic carbocycles. The molecular weight excluding hydrogens is 315 g/mol. The molecule has 0 atom stereocenters. The summed E-state index contributed by atoms with van der Waals surface area (Å²) in [6.45, 7) is 18.1. The number of allylic oxidation sites excluding steroid dienone is 1. The van der Waals surface area contributed by atoms with Crippen LogP contribution in [-0.4, -0.2) is 22.6 Å². The zero-order valence-electron chi connectivity index (χ0n) is 19.5. The van der Waals surface area contributed by atoms with Gasteiger partial charge in [-0.05, 0) is 12.5 Å². The van der Waals surface area contributed by atoms with Crippen LogP contribution in [0, 0.1) is 0 Å². The van der Waals surface area contributed by atoms with Crippen molar-refractivity contribution in [3.05, 3.63) is 42.5 Å². The number of benzene rings is 1. The molecule has 1 fully saturated rings. The van der Waals surface area contributed by atoms with Crippen LogP contribution in [0.1, 0.15) is 99.0 Å². The van der Waals surface area contributed by atoms with E-state index in [-0.39, 0.29) is 8.41 Å². The van der Waals surface area contributed by atoms with E-state index in [9.17, 15) is 0 Å². The summed E-state index contributed by atoms with van der Waals surface area (Å²) in [5.74, 6) is 0. The van der Waals surface area contributed by atoms with Crippen molar-refractivity contribution in [1.82, 2.24) is 0 Å². The van der Waals surface area contributed by atoms with Crippen LogP contribution in [0.15, 0.2) is 36.9 Å². The van der Waals surface area contributed by atoms with Crippen molar-refractivity contribution >= 4 is 14.0 Å². The summed E-state index contributed by atoms with van der Waals surface area (Å²) >= 11 is 0. The van der Waals surface area contributed by atoms with Crippen molar-refractivity contribution in [3.8, 4) is 0 Å². The molecule has 2 heteroatoms. The van der Waals surface area contributed by atoms with Gasteiger partial charge in [0.1, 0.15) is 0 Å². The van der Waals surface area contributed by atoms with E-state index in [0.29, 0.717) is 0 Å². The van der Waals surface area contributed by atoms with Crippen LogP contribution < -0.4 is 0 Å². The molecule has 0 bridgehead atoms.